The zero-order valence-electron chi connectivity index (χ0n) is 10.9. The minimum absolute atomic E-state index is 0.786. The molecule has 0 radical (unpaired) electrons. The van der Waals surface area contributed by atoms with Crippen LogP contribution in [0, 0.1) is 6.92 Å². The van der Waals surface area contributed by atoms with Crippen LogP contribution in [0.2, 0.25) is 0 Å². The summed E-state index contributed by atoms with van der Waals surface area (Å²) in [6.45, 7) is 6.06. The molecule has 0 fully saturated rings. The predicted molar refractivity (Wildman–Crippen MR) is 76.3 cm³/mol. The second-order valence-electron chi connectivity index (χ2n) is 4.28. The van der Waals surface area contributed by atoms with Gasteiger partial charge in [0, 0.05) is 19.2 Å². The number of hydrogen-bond donors (Lipinski definition) is 1. The topological polar surface area (TPSA) is 42.7 Å². The first-order chi connectivity index (χ1) is 8.63. The van der Waals surface area contributed by atoms with Gasteiger partial charge in [0.1, 0.15) is 5.69 Å². The van der Waals surface area contributed by atoms with Crippen molar-refractivity contribution in [2.45, 2.75) is 20.4 Å². The Bertz CT molecular complexity index is 528. The highest BCUT2D eigenvalue weighted by atomic mass is 79.9. The molecule has 0 saturated carbocycles. The van der Waals surface area contributed by atoms with Crippen LogP contribution >= 0.6 is 15.9 Å². The maximum Gasteiger partial charge on any atom is 0.156 e. The Kier molecular flexibility index (Phi) is 4.14. The number of nitrogens with zero attached hydrogens (tertiary/aromatic N) is 3. The summed E-state index contributed by atoms with van der Waals surface area (Å²) in [5, 5.41) is 11.4. The standard InChI is InChI=1S/C13H17BrN4/c1-4-15-8-10-6-5-9(2)11(7-10)12-13(14)16-17-18(12)3/h5-7,15H,4,8H2,1-3H3. The van der Waals surface area contributed by atoms with Gasteiger partial charge in [-0.05, 0) is 46.6 Å². The van der Waals surface area contributed by atoms with Gasteiger partial charge < -0.3 is 5.32 Å². The van der Waals surface area contributed by atoms with Gasteiger partial charge in [0.15, 0.2) is 4.60 Å². The SMILES string of the molecule is CCNCc1ccc(C)c(-c2c(Br)nnn2C)c1. The van der Waals surface area contributed by atoms with Crippen LogP contribution in [0.5, 0.6) is 0 Å². The van der Waals surface area contributed by atoms with E-state index in [1.165, 1.54) is 16.7 Å². The number of aryl methyl sites for hydroxylation is 2. The molecular formula is C13H17BrN4. The number of benzene rings is 1. The van der Waals surface area contributed by atoms with E-state index < -0.39 is 0 Å². The molecular weight excluding hydrogens is 292 g/mol. The van der Waals surface area contributed by atoms with E-state index in [0.29, 0.717) is 0 Å². The summed E-state index contributed by atoms with van der Waals surface area (Å²) in [7, 11) is 1.91. The molecule has 0 atom stereocenters. The largest absolute Gasteiger partial charge is 0.313 e. The van der Waals surface area contributed by atoms with E-state index in [-0.39, 0.29) is 0 Å². The highest BCUT2D eigenvalue weighted by Gasteiger charge is 2.13. The van der Waals surface area contributed by atoms with Crippen molar-refractivity contribution in [1.29, 1.82) is 0 Å². The number of halogens is 1. The lowest BCUT2D eigenvalue weighted by atomic mass is 10.0. The van der Waals surface area contributed by atoms with Crippen LogP contribution < -0.4 is 5.32 Å². The molecule has 4 nitrogen and oxygen atoms in total. The molecule has 1 aromatic carbocycles. The van der Waals surface area contributed by atoms with Crippen LogP contribution in [0.1, 0.15) is 18.1 Å². The summed E-state index contributed by atoms with van der Waals surface area (Å²) in [5.74, 6) is 0. The van der Waals surface area contributed by atoms with E-state index in [1.54, 1.807) is 4.68 Å². The van der Waals surface area contributed by atoms with Crippen LogP contribution in [0.3, 0.4) is 0 Å². The Balaban J connectivity index is 2.43. The molecule has 2 rings (SSSR count). The summed E-state index contributed by atoms with van der Waals surface area (Å²) in [5.41, 5.74) is 4.68. The molecule has 1 heterocycles. The molecule has 0 aliphatic rings. The summed E-state index contributed by atoms with van der Waals surface area (Å²) in [6.07, 6.45) is 0. The van der Waals surface area contributed by atoms with Gasteiger partial charge in [-0.25, -0.2) is 4.68 Å². The molecule has 0 unspecified atom stereocenters. The maximum atomic E-state index is 4.04. The van der Waals surface area contributed by atoms with Crippen molar-refractivity contribution in [1.82, 2.24) is 20.3 Å². The van der Waals surface area contributed by atoms with Crippen LogP contribution in [0.15, 0.2) is 22.8 Å². The Morgan fingerprint density at radius 3 is 2.78 bits per heavy atom. The molecule has 0 bridgehead atoms. The van der Waals surface area contributed by atoms with E-state index in [9.17, 15) is 0 Å². The number of hydrogen-bond acceptors (Lipinski definition) is 3. The van der Waals surface area contributed by atoms with E-state index in [0.717, 1.165) is 23.4 Å². The van der Waals surface area contributed by atoms with Crippen LogP contribution in [0.4, 0.5) is 0 Å². The van der Waals surface area contributed by atoms with Gasteiger partial charge >= 0.3 is 0 Å². The highest BCUT2D eigenvalue weighted by molar-refractivity contribution is 9.10. The average molecular weight is 309 g/mol. The normalized spacial score (nSPS) is 10.9. The van der Waals surface area contributed by atoms with Crippen molar-refractivity contribution < 1.29 is 0 Å². The van der Waals surface area contributed by atoms with Crippen molar-refractivity contribution in [3.05, 3.63) is 33.9 Å². The second kappa shape index (κ2) is 5.63. The predicted octanol–water partition coefficient (Wildman–Crippen LogP) is 2.66. The number of rotatable bonds is 4. The summed E-state index contributed by atoms with van der Waals surface area (Å²) in [6, 6.07) is 6.49. The van der Waals surface area contributed by atoms with Gasteiger partial charge in [-0.1, -0.05) is 24.3 Å². The summed E-state index contributed by atoms with van der Waals surface area (Å²) >= 11 is 3.46. The summed E-state index contributed by atoms with van der Waals surface area (Å²) < 4.78 is 2.58. The van der Waals surface area contributed by atoms with Gasteiger partial charge in [0.25, 0.3) is 0 Å². The average Bonchev–Trinajstić information content (AvgIpc) is 2.68. The Labute approximate surface area is 116 Å². The molecule has 0 aliphatic heterocycles. The van der Waals surface area contributed by atoms with E-state index in [2.05, 4.69) is 63.6 Å². The van der Waals surface area contributed by atoms with Gasteiger partial charge in [-0.3, -0.25) is 0 Å². The van der Waals surface area contributed by atoms with Gasteiger partial charge in [-0.2, -0.15) is 0 Å². The lowest BCUT2D eigenvalue weighted by Crippen LogP contribution is -2.11. The van der Waals surface area contributed by atoms with Crippen molar-refractivity contribution in [2.75, 3.05) is 6.54 Å². The van der Waals surface area contributed by atoms with Crippen molar-refractivity contribution in [3.63, 3.8) is 0 Å². The third-order valence-electron chi connectivity index (χ3n) is 2.92. The third-order valence-corrected chi connectivity index (χ3v) is 3.46. The fourth-order valence-corrected chi connectivity index (χ4v) is 2.46. The highest BCUT2D eigenvalue weighted by Crippen LogP contribution is 2.29. The van der Waals surface area contributed by atoms with E-state index in [4.69, 9.17) is 0 Å². The van der Waals surface area contributed by atoms with Crippen LogP contribution in [-0.4, -0.2) is 21.5 Å². The first-order valence-corrected chi connectivity index (χ1v) is 6.78. The smallest absolute Gasteiger partial charge is 0.156 e. The summed E-state index contributed by atoms with van der Waals surface area (Å²) in [4.78, 5) is 0. The molecule has 18 heavy (non-hydrogen) atoms. The zero-order chi connectivity index (χ0) is 13.1. The van der Waals surface area contributed by atoms with Gasteiger partial charge in [0.05, 0.1) is 0 Å². The number of nitrogens with one attached hydrogen (secondary N) is 1. The van der Waals surface area contributed by atoms with E-state index >= 15 is 0 Å². The molecule has 0 amide bonds. The fourth-order valence-electron chi connectivity index (χ4n) is 1.92. The van der Waals surface area contributed by atoms with Gasteiger partial charge in [-0.15, -0.1) is 5.10 Å². The minimum atomic E-state index is 0.786. The van der Waals surface area contributed by atoms with Crippen LogP contribution in [-0.2, 0) is 13.6 Å². The molecule has 1 N–H and O–H groups in total. The maximum absolute atomic E-state index is 4.04. The molecule has 5 heteroatoms. The lowest BCUT2D eigenvalue weighted by Gasteiger charge is -2.09. The van der Waals surface area contributed by atoms with E-state index in [1.807, 2.05) is 7.05 Å². The molecule has 2 aromatic rings. The molecule has 96 valence electrons. The molecule has 0 spiro atoms. The Morgan fingerprint density at radius 2 is 2.17 bits per heavy atom. The molecule has 1 aromatic heterocycles. The monoisotopic (exact) mass is 308 g/mol. The first kappa shape index (κ1) is 13.2. The first-order valence-electron chi connectivity index (χ1n) is 5.99. The zero-order valence-corrected chi connectivity index (χ0v) is 12.5. The fraction of sp³-hybridized carbons (Fsp3) is 0.385. The van der Waals surface area contributed by atoms with Crippen molar-refractivity contribution in [3.8, 4) is 11.3 Å². The Morgan fingerprint density at radius 1 is 1.39 bits per heavy atom. The number of aromatic nitrogens is 3. The third kappa shape index (κ3) is 2.62. The van der Waals surface area contributed by atoms with Crippen molar-refractivity contribution >= 4 is 15.9 Å². The quantitative estimate of drug-likeness (QED) is 0.944. The van der Waals surface area contributed by atoms with Gasteiger partial charge in [0.2, 0.25) is 0 Å². The Hall–Kier alpha value is -1.20. The molecule has 0 saturated heterocycles. The minimum Gasteiger partial charge on any atom is -0.313 e. The van der Waals surface area contributed by atoms with Crippen molar-refractivity contribution in [2.24, 2.45) is 7.05 Å². The second-order valence-corrected chi connectivity index (χ2v) is 5.03. The lowest BCUT2D eigenvalue weighted by molar-refractivity contribution is 0.717. The molecule has 0 aliphatic carbocycles. The van der Waals surface area contributed by atoms with Crippen LogP contribution in [0.25, 0.3) is 11.3 Å².